The van der Waals surface area contributed by atoms with Crippen molar-refractivity contribution < 1.29 is 19.4 Å². The summed E-state index contributed by atoms with van der Waals surface area (Å²) in [5.41, 5.74) is 1.45. The standard InChI is InChI=1S/C13H15ClO4/c1-3-8-11(7(2)13(15)16)9(14)6-10-12(8)18-5-4-17-10/h6-7H,3-5H2,1-2H3,(H,15,16). The first-order chi connectivity index (χ1) is 8.56. The van der Waals surface area contributed by atoms with Gasteiger partial charge in [-0.3, -0.25) is 4.79 Å². The van der Waals surface area contributed by atoms with Crippen LogP contribution in [0, 0.1) is 0 Å². The second-order valence-electron chi connectivity index (χ2n) is 4.19. The first kappa shape index (κ1) is 13.0. The van der Waals surface area contributed by atoms with E-state index in [2.05, 4.69) is 0 Å². The minimum absolute atomic E-state index is 0.422. The van der Waals surface area contributed by atoms with E-state index in [0.29, 0.717) is 41.7 Å². The number of benzene rings is 1. The molecule has 2 rings (SSSR count). The van der Waals surface area contributed by atoms with Gasteiger partial charge in [-0.25, -0.2) is 0 Å². The van der Waals surface area contributed by atoms with Crippen LogP contribution in [0.4, 0.5) is 0 Å². The summed E-state index contributed by atoms with van der Waals surface area (Å²) in [4.78, 5) is 11.2. The van der Waals surface area contributed by atoms with E-state index < -0.39 is 11.9 Å². The monoisotopic (exact) mass is 270 g/mol. The van der Waals surface area contributed by atoms with Crippen molar-refractivity contribution in [2.24, 2.45) is 0 Å². The van der Waals surface area contributed by atoms with Crippen LogP contribution in [0.25, 0.3) is 0 Å². The highest BCUT2D eigenvalue weighted by Crippen LogP contribution is 2.43. The number of fused-ring (bicyclic) bond motifs is 1. The molecule has 18 heavy (non-hydrogen) atoms. The Morgan fingerprint density at radius 2 is 2.17 bits per heavy atom. The molecular formula is C13H15ClO4. The summed E-state index contributed by atoms with van der Waals surface area (Å²) in [5.74, 6) is -0.327. The number of halogens is 1. The number of carboxylic acid groups (broad SMARTS) is 1. The summed E-state index contributed by atoms with van der Waals surface area (Å²) >= 11 is 6.19. The Balaban J connectivity index is 2.61. The molecule has 1 aliphatic rings. The molecule has 0 bridgehead atoms. The Morgan fingerprint density at radius 3 is 2.78 bits per heavy atom. The van der Waals surface area contributed by atoms with Gasteiger partial charge in [-0.1, -0.05) is 18.5 Å². The average Bonchev–Trinajstić information content (AvgIpc) is 2.36. The summed E-state index contributed by atoms with van der Waals surface area (Å²) < 4.78 is 11.1. The molecule has 1 heterocycles. The Morgan fingerprint density at radius 1 is 1.50 bits per heavy atom. The SMILES string of the molecule is CCc1c2c(cc(Cl)c1C(C)C(=O)O)OCCO2. The van der Waals surface area contributed by atoms with Crippen LogP contribution in [-0.2, 0) is 11.2 Å². The van der Waals surface area contributed by atoms with E-state index >= 15 is 0 Å². The van der Waals surface area contributed by atoms with Crippen molar-refractivity contribution in [2.45, 2.75) is 26.2 Å². The minimum Gasteiger partial charge on any atom is -0.486 e. The lowest BCUT2D eigenvalue weighted by atomic mass is 9.93. The second-order valence-corrected chi connectivity index (χ2v) is 4.60. The van der Waals surface area contributed by atoms with Crippen LogP contribution in [0.3, 0.4) is 0 Å². The largest absolute Gasteiger partial charge is 0.486 e. The zero-order valence-corrected chi connectivity index (χ0v) is 11.1. The van der Waals surface area contributed by atoms with Crippen molar-refractivity contribution >= 4 is 17.6 Å². The van der Waals surface area contributed by atoms with E-state index in [0.717, 1.165) is 5.56 Å². The molecule has 1 N–H and O–H groups in total. The number of ether oxygens (including phenoxy) is 2. The molecule has 98 valence electrons. The Kier molecular flexibility index (Phi) is 3.66. The van der Waals surface area contributed by atoms with Crippen molar-refractivity contribution in [1.82, 2.24) is 0 Å². The zero-order valence-electron chi connectivity index (χ0n) is 10.3. The molecule has 1 aromatic carbocycles. The van der Waals surface area contributed by atoms with E-state index in [1.807, 2.05) is 6.92 Å². The Bertz CT molecular complexity index is 484. The van der Waals surface area contributed by atoms with Gasteiger partial charge in [0, 0.05) is 16.7 Å². The lowest BCUT2D eigenvalue weighted by Crippen LogP contribution is -2.19. The molecule has 0 fully saturated rings. The van der Waals surface area contributed by atoms with Gasteiger partial charge in [-0.05, 0) is 18.9 Å². The number of hydrogen-bond donors (Lipinski definition) is 1. The van der Waals surface area contributed by atoms with E-state index in [9.17, 15) is 4.79 Å². The summed E-state index contributed by atoms with van der Waals surface area (Å²) in [5, 5.41) is 9.58. The van der Waals surface area contributed by atoms with Crippen LogP contribution in [0.5, 0.6) is 11.5 Å². The van der Waals surface area contributed by atoms with Crippen molar-refractivity contribution in [3.8, 4) is 11.5 Å². The Labute approximate surface area is 110 Å². The van der Waals surface area contributed by atoms with Crippen molar-refractivity contribution in [3.05, 3.63) is 22.2 Å². The quantitative estimate of drug-likeness (QED) is 0.918. The fourth-order valence-corrected chi connectivity index (χ4v) is 2.55. The third-order valence-corrected chi connectivity index (χ3v) is 3.40. The fraction of sp³-hybridized carbons (Fsp3) is 0.462. The summed E-state index contributed by atoms with van der Waals surface area (Å²) in [6, 6.07) is 1.64. The van der Waals surface area contributed by atoms with Crippen molar-refractivity contribution in [2.75, 3.05) is 13.2 Å². The number of carboxylic acids is 1. The molecule has 0 aromatic heterocycles. The zero-order chi connectivity index (χ0) is 13.3. The molecular weight excluding hydrogens is 256 g/mol. The van der Waals surface area contributed by atoms with Gasteiger partial charge >= 0.3 is 5.97 Å². The minimum atomic E-state index is -0.900. The molecule has 1 unspecified atom stereocenters. The number of hydrogen-bond acceptors (Lipinski definition) is 3. The topological polar surface area (TPSA) is 55.8 Å². The molecule has 5 heteroatoms. The van der Waals surface area contributed by atoms with Gasteiger partial charge in [-0.2, -0.15) is 0 Å². The van der Waals surface area contributed by atoms with Crippen LogP contribution < -0.4 is 9.47 Å². The van der Waals surface area contributed by atoms with Crippen molar-refractivity contribution in [1.29, 1.82) is 0 Å². The van der Waals surface area contributed by atoms with Crippen LogP contribution in [0.15, 0.2) is 6.07 Å². The maximum atomic E-state index is 11.2. The van der Waals surface area contributed by atoms with E-state index in [1.165, 1.54) is 0 Å². The van der Waals surface area contributed by atoms with Gasteiger partial charge < -0.3 is 14.6 Å². The smallest absolute Gasteiger partial charge is 0.310 e. The molecule has 1 aromatic rings. The molecule has 0 radical (unpaired) electrons. The summed E-state index contributed by atoms with van der Waals surface area (Å²) in [6.07, 6.45) is 0.652. The Hall–Kier alpha value is -1.42. The third-order valence-electron chi connectivity index (χ3n) is 3.08. The second kappa shape index (κ2) is 5.06. The van der Waals surface area contributed by atoms with Crippen molar-refractivity contribution in [3.63, 3.8) is 0 Å². The summed E-state index contributed by atoms with van der Waals surface area (Å²) in [7, 11) is 0. The first-order valence-corrected chi connectivity index (χ1v) is 6.27. The highest BCUT2D eigenvalue weighted by atomic mass is 35.5. The van der Waals surface area contributed by atoms with Gasteiger partial charge in [0.2, 0.25) is 0 Å². The highest BCUT2D eigenvalue weighted by molar-refractivity contribution is 6.32. The average molecular weight is 271 g/mol. The van der Waals surface area contributed by atoms with E-state index in [-0.39, 0.29) is 0 Å². The molecule has 0 spiro atoms. The molecule has 0 saturated carbocycles. The fourth-order valence-electron chi connectivity index (χ4n) is 2.18. The molecule has 0 amide bonds. The van der Waals surface area contributed by atoms with Gasteiger partial charge in [0.1, 0.15) is 13.2 Å². The number of rotatable bonds is 3. The van der Waals surface area contributed by atoms with E-state index in [1.54, 1.807) is 13.0 Å². The van der Waals surface area contributed by atoms with Gasteiger partial charge in [0.15, 0.2) is 11.5 Å². The highest BCUT2D eigenvalue weighted by Gasteiger charge is 2.27. The van der Waals surface area contributed by atoms with Crippen LogP contribution in [0.2, 0.25) is 5.02 Å². The number of aliphatic carboxylic acids is 1. The molecule has 1 aliphatic heterocycles. The predicted octanol–water partition coefficient (Wildman–Crippen LogP) is 2.86. The van der Waals surface area contributed by atoms with E-state index in [4.69, 9.17) is 26.2 Å². The van der Waals surface area contributed by atoms with Crippen LogP contribution >= 0.6 is 11.6 Å². The van der Waals surface area contributed by atoms with Crippen LogP contribution in [-0.4, -0.2) is 24.3 Å². The molecule has 1 atom stereocenters. The first-order valence-electron chi connectivity index (χ1n) is 5.90. The van der Waals surface area contributed by atoms with Gasteiger partial charge in [0.05, 0.1) is 5.92 Å². The van der Waals surface area contributed by atoms with Gasteiger partial charge in [0.25, 0.3) is 0 Å². The normalized spacial score (nSPS) is 15.3. The summed E-state index contributed by atoms with van der Waals surface area (Å²) in [6.45, 7) is 4.53. The molecule has 0 saturated heterocycles. The lowest BCUT2D eigenvalue weighted by Gasteiger charge is -2.25. The van der Waals surface area contributed by atoms with Crippen LogP contribution in [0.1, 0.15) is 30.9 Å². The lowest BCUT2D eigenvalue weighted by molar-refractivity contribution is -0.138. The third kappa shape index (κ3) is 2.12. The maximum absolute atomic E-state index is 11.2. The van der Waals surface area contributed by atoms with Gasteiger partial charge in [-0.15, -0.1) is 0 Å². The molecule has 0 aliphatic carbocycles. The number of carbonyl (C=O) groups is 1. The molecule has 4 nitrogen and oxygen atoms in total. The predicted molar refractivity (Wildman–Crippen MR) is 67.9 cm³/mol. The maximum Gasteiger partial charge on any atom is 0.310 e.